The molecule has 0 unspecified atom stereocenters. The van der Waals surface area contributed by atoms with Crippen LogP contribution in [-0.4, -0.2) is 30.5 Å². The van der Waals surface area contributed by atoms with Gasteiger partial charge in [0.1, 0.15) is 0 Å². The summed E-state index contributed by atoms with van der Waals surface area (Å²) in [6.07, 6.45) is 7.96. The molecule has 4 aromatic heterocycles. The van der Waals surface area contributed by atoms with Gasteiger partial charge in [-0.3, -0.25) is 0 Å². The molecule has 1 aromatic carbocycles. The summed E-state index contributed by atoms with van der Waals surface area (Å²) in [5.74, 6) is 0.723. The fourth-order valence-electron chi connectivity index (χ4n) is 3.05. The van der Waals surface area contributed by atoms with Gasteiger partial charge in [-0.15, -0.1) is 22.7 Å². The average Bonchev–Trinajstić information content (AvgIpc) is 3.49. The van der Waals surface area contributed by atoms with Gasteiger partial charge in [-0.2, -0.15) is 6.42 Å². The van der Waals surface area contributed by atoms with E-state index in [9.17, 15) is 8.42 Å². The Hall–Kier alpha value is -0.890. The Morgan fingerprint density at radius 2 is 1.43 bits per heavy atom. The van der Waals surface area contributed by atoms with E-state index in [2.05, 4.69) is 68.7 Å². The summed E-state index contributed by atoms with van der Waals surface area (Å²) in [7, 11) is -3.54. The zero-order valence-corrected chi connectivity index (χ0v) is 30.3. The van der Waals surface area contributed by atoms with E-state index in [0.717, 1.165) is 49.4 Å². The first-order valence-corrected chi connectivity index (χ1v) is 16.8. The summed E-state index contributed by atoms with van der Waals surface area (Å²) >= 11 is 10.1. The number of nitrogens with zero attached hydrogens (tertiary/aromatic N) is 2. The number of hydrogen-bond acceptors (Lipinski definition) is 8. The van der Waals surface area contributed by atoms with E-state index in [1.807, 2.05) is 18.3 Å². The molecule has 0 atom stereocenters. The quantitative estimate of drug-likeness (QED) is 0.106. The minimum atomic E-state index is -3.54. The van der Waals surface area contributed by atoms with E-state index in [1.165, 1.54) is 27.8 Å². The molecule has 0 aliphatic heterocycles. The average molecular weight is 738 g/mol. The number of aromatic nitrogens is 2. The summed E-state index contributed by atoms with van der Waals surface area (Å²) in [5, 5.41) is 2.14. The van der Waals surface area contributed by atoms with Gasteiger partial charge in [0.05, 0.1) is 28.5 Å². The first-order chi connectivity index (χ1) is 18.3. The van der Waals surface area contributed by atoms with Crippen LogP contribution >= 0.6 is 54.5 Å². The molecule has 0 spiro atoms. The van der Waals surface area contributed by atoms with Crippen LogP contribution in [0.15, 0.2) is 84.5 Å². The minimum Gasteiger partial charge on any atom is -0.870 e. The Bertz CT molecular complexity index is 1560. The van der Waals surface area contributed by atoms with E-state index >= 15 is 0 Å². The largest absolute Gasteiger partial charge is 1.00 e. The number of ether oxygens (including phenoxy) is 1. The van der Waals surface area contributed by atoms with E-state index in [4.69, 9.17) is 4.74 Å². The number of benzene rings is 1. The van der Waals surface area contributed by atoms with Crippen molar-refractivity contribution in [1.29, 1.82) is 0 Å². The molecule has 0 aliphatic carbocycles. The van der Waals surface area contributed by atoms with Crippen LogP contribution in [0, 0.1) is 6.92 Å². The Morgan fingerprint density at radius 3 is 1.98 bits per heavy atom. The van der Waals surface area contributed by atoms with Crippen LogP contribution < -0.4 is 34.3 Å². The summed E-state index contributed by atoms with van der Waals surface area (Å²) in [4.78, 5) is 8.59. The van der Waals surface area contributed by atoms with E-state index < -0.39 is 9.84 Å². The van der Waals surface area contributed by atoms with Crippen molar-refractivity contribution >= 4 is 84.5 Å². The second kappa shape index (κ2) is 18.6. The number of fused-ring (bicyclic) bond motifs is 2. The topological polar surface area (TPSA) is 99.2 Å². The fraction of sp³-hybridized carbons (Fsp3) is 0.250. The third kappa shape index (κ3) is 10.7. The predicted octanol–water partition coefficient (Wildman–Crippen LogP) is 6.58. The molecule has 1 N–H and O–H groups in total. The van der Waals surface area contributed by atoms with Gasteiger partial charge in [-0.05, 0) is 74.0 Å². The molecule has 0 fully saturated rings. The zero-order valence-electron chi connectivity index (χ0n) is 22.6. The first kappa shape index (κ1) is 37.1. The molecule has 210 valence electrons. The van der Waals surface area contributed by atoms with Crippen molar-refractivity contribution in [1.82, 2.24) is 9.97 Å². The minimum absolute atomic E-state index is 0. The van der Waals surface area contributed by atoms with Crippen LogP contribution in [0.4, 0.5) is 0 Å². The van der Waals surface area contributed by atoms with Gasteiger partial charge in [-0.1, -0.05) is 44.9 Å². The van der Waals surface area contributed by atoms with Crippen molar-refractivity contribution < 1.29 is 48.2 Å². The number of unbranched alkanes of at least 4 members (excludes halogenated alkanes) is 2. The van der Waals surface area contributed by atoms with Crippen molar-refractivity contribution in [3.8, 4) is 5.88 Å². The monoisotopic (exact) mass is 735 g/mol. The molecule has 0 saturated carbocycles. The van der Waals surface area contributed by atoms with Crippen LogP contribution in [-0.2, 0) is 9.84 Å². The smallest absolute Gasteiger partial charge is 0.870 e. The van der Waals surface area contributed by atoms with Crippen LogP contribution in [0.2, 0.25) is 0 Å². The van der Waals surface area contributed by atoms with Crippen LogP contribution in [0.1, 0.15) is 39.5 Å². The maximum absolute atomic E-state index is 12.4. The van der Waals surface area contributed by atoms with E-state index in [0.29, 0.717) is 0 Å². The van der Waals surface area contributed by atoms with Crippen LogP contribution in [0.3, 0.4) is 0 Å². The SMILES string of the molecule is CCCCOc1cc2cc(Br)sc2cn1.O=S(=O)(c1ccccc1)c1cc2cc(Br)sc2cn1.[CH2-]CCC.[Na+].[OH-]. The second-order valence-electron chi connectivity index (χ2n) is 8.09. The molecule has 0 radical (unpaired) electrons. The predicted molar refractivity (Wildman–Crippen MR) is 169 cm³/mol. The number of thiophene rings is 2. The summed E-state index contributed by atoms with van der Waals surface area (Å²) in [6.45, 7) is 8.62. The van der Waals surface area contributed by atoms with Gasteiger partial charge in [0.15, 0.2) is 5.03 Å². The van der Waals surface area contributed by atoms with Crippen molar-refractivity contribution in [2.75, 3.05) is 6.61 Å². The zero-order chi connectivity index (χ0) is 27.5. The Labute approximate surface area is 283 Å². The summed E-state index contributed by atoms with van der Waals surface area (Å²) in [6, 6.07) is 15.9. The normalized spacial score (nSPS) is 10.4. The van der Waals surface area contributed by atoms with Crippen molar-refractivity contribution in [2.24, 2.45) is 0 Å². The molecule has 5 aromatic rings. The first-order valence-electron chi connectivity index (χ1n) is 12.1. The number of sulfone groups is 1. The molecule has 5 rings (SSSR count). The summed E-state index contributed by atoms with van der Waals surface area (Å²) < 4.78 is 34.6. The van der Waals surface area contributed by atoms with Gasteiger partial charge in [-0.25, -0.2) is 18.4 Å². The van der Waals surface area contributed by atoms with Gasteiger partial charge >= 0.3 is 29.6 Å². The van der Waals surface area contributed by atoms with Gasteiger partial charge in [0, 0.05) is 23.8 Å². The molecule has 0 amide bonds. The molecule has 6 nitrogen and oxygen atoms in total. The molecule has 0 aliphatic rings. The molecule has 0 saturated heterocycles. The molecular formula is C28H30Br2N2NaO4S3-. The number of rotatable bonds is 7. The van der Waals surface area contributed by atoms with Crippen molar-refractivity contribution in [3.05, 3.63) is 81.5 Å². The standard InChI is InChI=1S/C13H8BrNO2S2.C11H12BrNOS.C4H9.Na.H2O/c14-12-6-9-7-13(15-8-11(9)18-12)19(16,17)10-4-2-1-3-5-10;1-2-3-4-14-11-6-8-5-10(12)15-9(8)7-13-11;1-3-4-2;;/h1-8H;5-7H,2-4H2,1H3;1,3-4H2,2H3;;1H2/q;;-1;+1;/p-1. The van der Waals surface area contributed by atoms with Crippen LogP contribution in [0.25, 0.3) is 20.2 Å². The number of hydrogen-bond donors (Lipinski definition) is 0. The molecule has 0 bridgehead atoms. The Morgan fingerprint density at radius 1 is 0.875 bits per heavy atom. The Balaban J connectivity index is 0.000000345. The third-order valence-electron chi connectivity index (χ3n) is 5.13. The number of halogens is 2. The number of pyridine rings is 2. The van der Waals surface area contributed by atoms with Gasteiger partial charge in [0.25, 0.3) is 0 Å². The van der Waals surface area contributed by atoms with Gasteiger partial charge in [0.2, 0.25) is 15.7 Å². The fourth-order valence-corrected chi connectivity index (χ4v) is 7.30. The maximum atomic E-state index is 12.4. The third-order valence-corrected chi connectivity index (χ3v) is 9.97. The maximum Gasteiger partial charge on any atom is 1.00 e. The van der Waals surface area contributed by atoms with E-state index in [-0.39, 0.29) is 45.0 Å². The van der Waals surface area contributed by atoms with Gasteiger partial charge < -0.3 is 17.1 Å². The molecule has 40 heavy (non-hydrogen) atoms. The molecular weight excluding hydrogens is 707 g/mol. The van der Waals surface area contributed by atoms with Crippen LogP contribution in [0.5, 0.6) is 5.88 Å². The summed E-state index contributed by atoms with van der Waals surface area (Å²) in [5.41, 5.74) is 0. The molecule has 4 heterocycles. The second-order valence-corrected chi connectivity index (χ2v) is 14.9. The van der Waals surface area contributed by atoms with E-state index in [1.54, 1.807) is 53.9 Å². The van der Waals surface area contributed by atoms with Crippen molar-refractivity contribution in [2.45, 2.75) is 49.5 Å². The molecule has 12 heteroatoms. The Kier molecular flexibility index (Phi) is 17.3. The van der Waals surface area contributed by atoms with Crippen molar-refractivity contribution in [3.63, 3.8) is 0 Å².